The molecule has 1 atom stereocenters. The number of carbonyl (C=O) groups is 1. The molecule has 2 aromatic rings. The van der Waals surface area contributed by atoms with Crippen molar-refractivity contribution < 1.29 is 9.90 Å². The summed E-state index contributed by atoms with van der Waals surface area (Å²) in [5, 5.41) is 21.6. The Bertz CT molecular complexity index is 658. The van der Waals surface area contributed by atoms with Gasteiger partial charge >= 0.3 is 5.97 Å². The normalized spacial score (nSPS) is 18.1. The van der Waals surface area contributed by atoms with E-state index in [-0.39, 0.29) is 5.92 Å². The lowest BCUT2D eigenvalue weighted by molar-refractivity contribution is -0.141. The maximum absolute atomic E-state index is 10.9. The van der Waals surface area contributed by atoms with E-state index in [0.717, 1.165) is 50.9 Å². The molecule has 0 spiro atoms. The highest BCUT2D eigenvalue weighted by molar-refractivity contribution is 5.70. The molecule has 1 N–H and O–H groups in total. The molecule has 0 bridgehead atoms. The van der Waals surface area contributed by atoms with Gasteiger partial charge in [-0.1, -0.05) is 36.8 Å². The van der Waals surface area contributed by atoms with Crippen LogP contribution in [0.3, 0.4) is 0 Å². The predicted octanol–water partition coefficient (Wildman–Crippen LogP) is 1.92. The number of benzene rings is 1. The highest BCUT2D eigenvalue weighted by Gasteiger charge is 2.27. The minimum atomic E-state index is -0.663. The van der Waals surface area contributed by atoms with Gasteiger partial charge in [-0.2, -0.15) is 4.80 Å². The third kappa shape index (κ3) is 4.38. The first-order valence-electron chi connectivity index (χ1n) is 8.51. The number of unbranched alkanes of at least 4 members (excludes halogenated alkanes) is 2. The number of carboxylic acids is 1. The topological polar surface area (TPSA) is 84.1 Å². The van der Waals surface area contributed by atoms with Gasteiger partial charge in [-0.25, -0.2) is 0 Å². The lowest BCUT2D eigenvalue weighted by atomic mass is 10.1. The SMILES string of the molecule is O=C(O)C1CCN(CCCCCn2nnc(-c3ccccc3)n2)C1. The van der Waals surface area contributed by atoms with Crippen LogP contribution < -0.4 is 0 Å². The maximum atomic E-state index is 10.9. The second kappa shape index (κ2) is 8.01. The third-order valence-corrected chi connectivity index (χ3v) is 4.44. The lowest BCUT2D eigenvalue weighted by Gasteiger charge is -2.14. The van der Waals surface area contributed by atoms with E-state index in [2.05, 4.69) is 20.3 Å². The standard InChI is InChI=1S/C17H23N5O2/c23-17(24)15-9-12-21(13-15)10-5-2-6-11-22-19-16(18-20-22)14-7-3-1-4-8-14/h1,3-4,7-8,15H,2,5-6,9-13H2,(H,23,24). The van der Waals surface area contributed by atoms with Gasteiger partial charge in [0.2, 0.25) is 5.82 Å². The molecule has 128 valence electrons. The fourth-order valence-corrected chi connectivity index (χ4v) is 3.04. The summed E-state index contributed by atoms with van der Waals surface area (Å²) in [6.07, 6.45) is 3.93. The van der Waals surface area contributed by atoms with Crippen LogP contribution in [0.1, 0.15) is 25.7 Å². The van der Waals surface area contributed by atoms with Gasteiger partial charge in [-0.05, 0) is 37.6 Å². The molecule has 0 radical (unpaired) electrons. The van der Waals surface area contributed by atoms with Crippen LogP contribution in [0.25, 0.3) is 11.4 Å². The van der Waals surface area contributed by atoms with Gasteiger partial charge in [-0.3, -0.25) is 4.79 Å². The number of tetrazole rings is 1. The molecule has 1 aliphatic rings. The summed E-state index contributed by atoms with van der Waals surface area (Å²) in [5.41, 5.74) is 0.978. The highest BCUT2D eigenvalue weighted by Crippen LogP contribution is 2.17. The van der Waals surface area contributed by atoms with Crippen molar-refractivity contribution in [2.75, 3.05) is 19.6 Å². The van der Waals surface area contributed by atoms with Crippen molar-refractivity contribution in [2.24, 2.45) is 5.92 Å². The summed E-state index contributed by atoms with van der Waals surface area (Å²) in [5.74, 6) is -0.183. The summed E-state index contributed by atoms with van der Waals surface area (Å²) in [6.45, 7) is 3.34. The van der Waals surface area contributed by atoms with Crippen LogP contribution in [0.15, 0.2) is 30.3 Å². The molecule has 0 aliphatic carbocycles. The van der Waals surface area contributed by atoms with Crippen molar-refractivity contribution in [1.82, 2.24) is 25.1 Å². The second-order valence-electron chi connectivity index (χ2n) is 6.26. The molecule has 7 nitrogen and oxygen atoms in total. The molecule has 7 heteroatoms. The van der Waals surface area contributed by atoms with Crippen molar-refractivity contribution in [3.63, 3.8) is 0 Å². The Labute approximate surface area is 141 Å². The molecule has 24 heavy (non-hydrogen) atoms. The number of likely N-dealkylation sites (tertiary alicyclic amines) is 1. The van der Waals surface area contributed by atoms with Crippen LogP contribution in [0, 0.1) is 5.92 Å². The van der Waals surface area contributed by atoms with Gasteiger partial charge in [0, 0.05) is 12.1 Å². The number of nitrogens with zero attached hydrogens (tertiary/aromatic N) is 5. The molecule has 1 aromatic heterocycles. The molecule has 3 rings (SSSR count). The smallest absolute Gasteiger partial charge is 0.307 e. The maximum Gasteiger partial charge on any atom is 0.307 e. The van der Waals surface area contributed by atoms with Gasteiger partial charge in [0.1, 0.15) is 0 Å². The minimum Gasteiger partial charge on any atom is -0.481 e. The minimum absolute atomic E-state index is 0.180. The second-order valence-corrected chi connectivity index (χ2v) is 6.26. The van der Waals surface area contributed by atoms with Gasteiger partial charge < -0.3 is 10.0 Å². The van der Waals surface area contributed by atoms with Crippen LogP contribution in [0.4, 0.5) is 0 Å². The summed E-state index contributed by atoms with van der Waals surface area (Å²) in [7, 11) is 0. The first kappa shape index (κ1) is 16.6. The summed E-state index contributed by atoms with van der Waals surface area (Å²) < 4.78 is 0. The van der Waals surface area contributed by atoms with Crippen molar-refractivity contribution in [3.05, 3.63) is 30.3 Å². The average molecular weight is 329 g/mol. The zero-order valence-corrected chi connectivity index (χ0v) is 13.7. The van der Waals surface area contributed by atoms with E-state index < -0.39 is 5.97 Å². The molecule has 0 amide bonds. The van der Waals surface area contributed by atoms with Gasteiger partial charge in [0.25, 0.3) is 0 Å². The fraction of sp³-hybridized carbons (Fsp3) is 0.529. The first-order valence-corrected chi connectivity index (χ1v) is 8.51. The number of rotatable bonds is 8. The fourth-order valence-electron chi connectivity index (χ4n) is 3.04. The Morgan fingerprint density at radius 2 is 1.96 bits per heavy atom. The van der Waals surface area contributed by atoms with Crippen LogP contribution in [0.5, 0.6) is 0 Å². The first-order chi connectivity index (χ1) is 11.7. The third-order valence-electron chi connectivity index (χ3n) is 4.44. The van der Waals surface area contributed by atoms with Gasteiger partial charge in [0.15, 0.2) is 0 Å². The summed E-state index contributed by atoms with van der Waals surface area (Å²) >= 11 is 0. The summed E-state index contributed by atoms with van der Waals surface area (Å²) in [4.78, 5) is 14.8. The Hall–Kier alpha value is -2.28. The lowest BCUT2D eigenvalue weighted by Crippen LogP contribution is -2.24. The Morgan fingerprint density at radius 1 is 1.17 bits per heavy atom. The van der Waals surface area contributed by atoms with Crippen molar-refractivity contribution in [2.45, 2.75) is 32.2 Å². The Kier molecular flexibility index (Phi) is 5.53. The number of aliphatic carboxylic acids is 1. The van der Waals surface area contributed by atoms with Crippen LogP contribution >= 0.6 is 0 Å². The molecule has 1 aromatic carbocycles. The van der Waals surface area contributed by atoms with E-state index in [1.165, 1.54) is 0 Å². The molecule has 2 heterocycles. The van der Waals surface area contributed by atoms with Gasteiger partial charge in [0.05, 0.1) is 12.5 Å². The van der Waals surface area contributed by atoms with Crippen molar-refractivity contribution >= 4 is 5.97 Å². The van der Waals surface area contributed by atoms with E-state index in [1.54, 1.807) is 4.80 Å². The van der Waals surface area contributed by atoms with E-state index >= 15 is 0 Å². The zero-order valence-electron chi connectivity index (χ0n) is 13.7. The number of hydrogen-bond acceptors (Lipinski definition) is 5. The quantitative estimate of drug-likeness (QED) is 0.745. The number of aryl methyl sites for hydroxylation is 1. The van der Waals surface area contributed by atoms with E-state index in [9.17, 15) is 4.79 Å². The Morgan fingerprint density at radius 3 is 2.71 bits per heavy atom. The number of carboxylic acid groups (broad SMARTS) is 1. The molecular weight excluding hydrogens is 306 g/mol. The molecule has 1 unspecified atom stereocenters. The molecular formula is C17H23N5O2. The molecule has 0 saturated carbocycles. The monoisotopic (exact) mass is 329 g/mol. The van der Waals surface area contributed by atoms with Crippen molar-refractivity contribution in [3.8, 4) is 11.4 Å². The largest absolute Gasteiger partial charge is 0.481 e. The average Bonchev–Trinajstić information content (AvgIpc) is 3.25. The van der Waals surface area contributed by atoms with Crippen LogP contribution in [0.2, 0.25) is 0 Å². The Balaban J connectivity index is 1.34. The number of hydrogen-bond donors (Lipinski definition) is 1. The zero-order chi connectivity index (χ0) is 16.8. The van der Waals surface area contributed by atoms with Gasteiger partial charge in [-0.15, -0.1) is 10.2 Å². The molecule has 1 fully saturated rings. The number of aromatic nitrogens is 4. The van der Waals surface area contributed by atoms with Crippen molar-refractivity contribution in [1.29, 1.82) is 0 Å². The van der Waals surface area contributed by atoms with Crippen LogP contribution in [-0.2, 0) is 11.3 Å². The predicted molar refractivity (Wildman–Crippen MR) is 89.3 cm³/mol. The van der Waals surface area contributed by atoms with E-state index in [1.807, 2.05) is 30.3 Å². The van der Waals surface area contributed by atoms with E-state index in [4.69, 9.17) is 5.11 Å². The summed E-state index contributed by atoms with van der Waals surface area (Å²) in [6, 6.07) is 9.84. The molecule has 1 saturated heterocycles. The van der Waals surface area contributed by atoms with Crippen LogP contribution in [-0.4, -0.2) is 55.8 Å². The molecule has 1 aliphatic heterocycles. The van der Waals surface area contributed by atoms with E-state index in [0.29, 0.717) is 12.4 Å². The highest BCUT2D eigenvalue weighted by atomic mass is 16.4.